The summed E-state index contributed by atoms with van der Waals surface area (Å²) in [6, 6.07) is 5.78. The highest BCUT2D eigenvalue weighted by Gasteiger charge is 2.06. The summed E-state index contributed by atoms with van der Waals surface area (Å²) in [6.07, 6.45) is 1.08. The predicted molar refractivity (Wildman–Crippen MR) is 64.4 cm³/mol. The van der Waals surface area contributed by atoms with Gasteiger partial charge in [0, 0.05) is 13.1 Å². The van der Waals surface area contributed by atoms with Crippen molar-refractivity contribution in [2.75, 3.05) is 18.4 Å². The van der Waals surface area contributed by atoms with Crippen LogP contribution in [0.3, 0.4) is 0 Å². The number of phenols is 1. The highest BCUT2D eigenvalue weighted by atomic mass is 16.3. The van der Waals surface area contributed by atoms with Crippen LogP contribution in [0.5, 0.6) is 5.75 Å². The van der Waals surface area contributed by atoms with E-state index in [1.54, 1.807) is 0 Å². The molecule has 0 bridgehead atoms. The number of rotatable bonds is 5. The van der Waals surface area contributed by atoms with Crippen molar-refractivity contribution in [2.45, 2.75) is 26.2 Å². The maximum atomic E-state index is 9.76. The first-order valence-corrected chi connectivity index (χ1v) is 5.45. The molecule has 4 N–H and O–H groups in total. The monoisotopic (exact) mass is 208 g/mol. The Bertz CT molecular complexity index is 312. The first kappa shape index (κ1) is 11.9. The third-order valence-corrected chi connectivity index (χ3v) is 2.66. The van der Waals surface area contributed by atoms with Gasteiger partial charge < -0.3 is 16.2 Å². The van der Waals surface area contributed by atoms with Crippen LogP contribution in [0.15, 0.2) is 18.2 Å². The molecule has 0 aliphatic carbocycles. The third-order valence-electron chi connectivity index (χ3n) is 2.66. The van der Waals surface area contributed by atoms with Crippen molar-refractivity contribution in [3.05, 3.63) is 23.8 Å². The molecular formula is C12H20N2O. The summed E-state index contributed by atoms with van der Waals surface area (Å²) in [7, 11) is 0. The Morgan fingerprint density at radius 2 is 2.20 bits per heavy atom. The zero-order valence-corrected chi connectivity index (χ0v) is 9.46. The van der Waals surface area contributed by atoms with Gasteiger partial charge in [0.1, 0.15) is 5.75 Å². The molecule has 0 radical (unpaired) electrons. The Labute approximate surface area is 91.3 Å². The van der Waals surface area contributed by atoms with E-state index in [0.29, 0.717) is 24.8 Å². The van der Waals surface area contributed by atoms with Crippen molar-refractivity contribution < 1.29 is 5.11 Å². The molecule has 0 heterocycles. The Hall–Kier alpha value is -1.22. The Balaban J connectivity index is 2.78. The van der Waals surface area contributed by atoms with Crippen molar-refractivity contribution in [3.8, 4) is 5.75 Å². The van der Waals surface area contributed by atoms with E-state index in [0.717, 1.165) is 12.1 Å². The van der Waals surface area contributed by atoms with Gasteiger partial charge in [-0.3, -0.25) is 0 Å². The van der Waals surface area contributed by atoms with Gasteiger partial charge in [0.15, 0.2) is 0 Å². The lowest BCUT2D eigenvalue weighted by molar-refractivity contribution is 0.475. The van der Waals surface area contributed by atoms with Gasteiger partial charge in [-0.2, -0.15) is 0 Å². The van der Waals surface area contributed by atoms with Gasteiger partial charge in [0.2, 0.25) is 0 Å². The average molecular weight is 208 g/mol. The molecule has 0 spiro atoms. The zero-order valence-electron chi connectivity index (χ0n) is 9.46. The van der Waals surface area contributed by atoms with E-state index in [9.17, 15) is 5.11 Å². The van der Waals surface area contributed by atoms with Crippen LogP contribution in [-0.2, 0) is 0 Å². The van der Waals surface area contributed by atoms with E-state index < -0.39 is 0 Å². The fourth-order valence-electron chi connectivity index (χ4n) is 1.45. The fourth-order valence-corrected chi connectivity index (χ4v) is 1.45. The summed E-state index contributed by atoms with van der Waals surface area (Å²) in [5.41, 5.74) is 7.31. The normalized spacial score (nSPS) is 12.5. The lowest BCUT2D eigenvalue weighted by atomic mass is 9.98. The zero-order chi connectivity index (χ0) is 11.3. The van der Waals surface area contributed by atoms with Crippen LogP contribution in [0, 0.1) is 0 Å². The molecule has 0 saturated heterocycles. The highest BCUT2D eigenvalue weighted by molar-refractivity contribution is 5.57. The maximum Gasteiger partial charge on any atom is 0.138 e. The van der Waals surface area contributed by atoms with E-state index >= 15 is 0 Å². The molecule has 0 aliphatic heterocycles. The van der Waals surface area contributed by atoms with Crippen LogP contribution >= 0.6 is 0 Å². The first-order valence-electron chi connectivity index (χ1n) is 5.45. The van der Waals surface area contributed by atoms with Crippen molar-refractivity contribution in [2.24, 2.45) is 5.73 Å². The Kier molecular flexibility index (Phi) is 4.43. The molecule has 0 aliphatic rings. The molecule has 3 nitrogen and oxygen atoms in total. The number of aromatic hydroxyl groups is 1. The lowest BCUT2D eigenvalue weighted by Crippen LogP contribution is -2.13. The van der Waals surface area contributed by atoms with Gasteiger partial charge in [-0.25, -0.2) is 0 Å². The van der Waals surface area contributed by atoms with Gasteiger partial charge in [0.25, 0.3) is 0 Å². The molecule has 3 heteroatoms. The van der Waals surface area contributed by atoms with Crippen LogP contribution < -0.4 is 11.1 Å². The number of nitrogens with two attached hydrogens (primary N) is 1. The number of hydrogen-bond acceptors (Lipinski definition) is 3. The molecule has 0 saturated carbocycles. The van der Waals surface area contributed by atoms with Crippen molar-refractivity contribution in [1.29, 1.82) is 0 Å². The van der Waals surface area contributed by atoms with Crippen molar-refractivity contribution >= 4 is 5.69 Å². The largest absolute Gasteiger partial charge is 0.506 e. The summed E-state index contributed by atoms with van der Waals surface area (Å²) in [6.45, 7) is 5.53. The maximum absolute atomic E-state index is 9.76. The van der Waals surface area contributed by atoms with Crippen molar-refractivity contribution in [1.82, 2.24) is 0 Å². The second kappa shape index (κ2) is 5.61. The minimum atomic E-state index is 0.307. The molecule has 0 aromatic heterocycles. The molecule has 0 fully saturated rings. The van der Waals surface area contributed by atoms with Gasteiger partial charge in [-0.05, 0) is 30.0 Å². The molecule has 1 rings (SSSR count). The molecule has 1 atom stereocenters. The van der Waals surface area contributed by atoms with E-state index in [-0.39, 0.29) is 0 Å². The summed E-state index contributed by atoms with van der Waals surface area (Å²) >= 11 is 0. The van der Waals surface area contributed by atoms with E-state index in [2.05, 4.69) is 19.2 Å². The fraction of sp³-hybridized carbons (Fsp3) is 0.500. The molecule has 0 amide bonds. The number of anilines is 1. The van der Waals surface area contributed by atoms with E-state index in [4.69, 9.17) is 5.73 Å². The first-order chi connectivity index (χ1) is 7.19. The minimum absolute atomic E-state index is 0.307. The third kappa shape index (κ3) is 3.13. The topological polar surface area (TPSA) is 58.3 Å². The molecule has 1 aromatic rings. The van der Waals surface area contributed by atoms with Crippen LogP contribution in [0.2, 0.25) is 0 Å². The van der Waals surface area contributed by atoms with E-state index in [1.807, 2.05) is 18.2 Å². The van der Waals surface area contributed by atoms with Crippen molar-refractivity contribution in [3.63, 3.8) is 0 Å². The number of hydrogen-bond donors (Lipinski definition) is 3. The minimum Gasteiger partial charge on any atom is -0.506 e. The standard InChI is InChI=1S/C12H20N2O/c1-3-9(2)10-4-5-11(12(15)8-10)14-7-6-13/h4-5,8-9,14-15H,3,6-7,13H2,1-2H3. The summed E-state index contributed by atoms with van der Waals surface area (Å²) in [5, 5.41) is 12.8. The molecule has 1 aromatic carbocycles. The lowest BCUT2D eigenvalue weighted by Gasteiger charge is -2.12. The molecular weight excluding hydrogens is 188 g/mol. The van der Waals surface area contributed by atoms with Gasteiger partial charge in [-0.1, -0.05) is 19.9 Å². The Morgan fingerprint density at radius 3 is 2.73 bits per heavy atom. The second-order valence-corrected chi connectivity index (χ2v) is 3.80. The summed E-state index contributed by atoms with van der Waals surface area (Å²) < 4.78 is 0. The summed E-state index contributed by atoms with van der Waals surface area (Å²) in [5.74, 6) is 0.792. The van der Waals surface area contributed by atoms with Crippen LogP contribution in [0.1, 0.15) is 31.7 Å². The second-order valence-electron chi connectivity index (χ2n) is 3.80. The highest BCUT2D eigenvalue weighted by Crippen LogP contribution is 2.28. The quantitative estimate of drug-likeness (QED) is 0.651. The number of phenolic OH excluding ortho intramolecular Hbond substituents is 1. The smallest absolute Gasteiger partial charge is 0.138 e. The predicted octanol–water partition coefficient (Wildman–Crippen LogP) is 2.28. The molecule has 84 valence electrons. The van der Waals surface area contributed by atoms with Crippen LogP contribution in [0.4, 0.5) is 5.69 Å². The summed E-state index contributed by atoms with van der Waals surface area (Å²) in [4.78, 5) is 0. The van der Waals surface area contributed by atoms with Crippen LogP contribution in [0.25, 0.3) is 0 Å². The SMILES string of the molecule is CCC(C)c1ccc(NCCN)c(O)c1. The number of benzene rings is 1. The van der Waals surface area contributed by atoms with Gasteiger partial charge in [0.05, 0.1) is 5.69 Å². The van der Waals surface area contributed by atoms with Gasteiger partial charge >= 0.3 is 0 Å². The van der Waals surface area contributed by atoms with Gasteiger partial charge in [-0.15, -0.1) is 0 Å². The van der Waals surface area contributed by atoms with Crippen LogP contribution in [-0.4, -0.2) is 18.2 Å². The molecule has 15 heavy (non-hydrogen) atoms. The number of nitrogens with one attached hydrogen (secondary N) is 1. The van der Waals surface area contributed by atoms with E-state index in [1.165, 1.54) is 5.56 Å². The Morgan fingerprint density at radius 1 is 1.47 bits per heavy atom. The average Bonchev–Trinajstić information content (AvgIpc) is 2.26. The molecule has 1 unspecified atom stereocenters.